The third kappa shape index (κ3) is 5.02. The van der Waals surface area contributed by atoms with E-state index in [0.29, 0.717) is 5.56 Å². The number of benzene rings is 3. The number of amides is 2. The molecule has 0 saturated carbocycles. The number of imide groups is 1. The summed E-state index contributed by atoms with van der Waals surface area (Å²) in [5.74, 6) is -5.84. The van der Waals surface area contributed by atoms with Gasteiger partial charge in [-0.05, 0) is 54.4 Å². The highest BCUT2D eigenvalue weighted by atomic mass is 19.4. The van der Waals surface area contributed by atoms with Gasteiger partial charge in [-0.15, -0.1) is 0 Å². The van der Waals surface area contributed by atoms with Gasteiger partial charge in [0.15, 0.2) is 11.3 Å². The van der Waals surface area contributed by atoms with Crippen molar-refractivity contribution in [3.05, 3.63) is 101 Å². The summed E-state index contributed by atoms with van der Waals surface area (Å²) >= 11 is 0. The molecule has 0 spiro atoms. The van der Waals surface area contributed by atoms with Crippen molar-refractivity contribution in [2.45, 2.75) is 31.3 Å². The van der Waals surface area contributed by atoms with Gasteiger partial charge in [-0.25, -0.2) is 4.90 Å². The molecule has 2 aliphatic rings. The van der Waals surface area contributed by atoms with Crippen LogP contribution >= 0.6 is 0 Å². The molecule has 4 unspecified atom stereocenters. The highest BCUT2D eigenvalue weighted by Gasteiger charge is 2.69. The van der Waals surface area contributed by atoms with Crippen molar-refractivity contribution >= 4 is 29.3 Å². The second-order valence-electron chi connectivity index (χ2n) is 10.1. The summed E-state index contributed by atoms with van der Waals surface area (Å²) in [6.07, 6.45) is -4.59. The number of carboxylic acids is 1. The second-order valence-corrected chi connectivity index (χ2v) is 10.1. The average molecular weight is 567 g/mol. The van der Waals surface area contributed by atoms with Crippen molar-refractivity contribution in [1.29, 1.82) is 0 Å². The smallest absolute Gasteiger partial charge is 0.416 e. The fourth-order valence-corrected chi connectivity index (χ4v) is 5.56. The predicted octanol–water partition coefficient (Wildman–Crippen LogP) is 4.40. The van der Waals surface area contributed by atoms with E-state index in [0.717, 1.165) is 22.6 Å². The van der Waals surface area contributed by atoms with E-state index in [2.05, 4.69) is 5.32 Å². The summed E-state index contributed by atoms with van der Waals surface area (Å²) in [6.45, 7) is 0.895. The van der Waals surface area contributed by atoms with Crippen LogP contribution in [0, 0.1) is 11.8 Å². The highest BCUT2D eigenvalue weighted by Crippen LogP contribution is 2.50. The summed E-state index contributed by atoms with van der Waals surface area (Å²) in [5.41, 5.74) is -1.50. The summed E-state index contributed by atoms with van der Waals surface area (Å²) in [4.78, 5) is 53.1. The molecule has 0 bridgehead atoms. The van der Waals surface area contributed by atoms with Crippen LogP contribution in [0.15, 0.2) is 78.9 Å². The number of alkyl halides is 3. The zero-order valence-corrected chi connectivity index (χ0v) is 21.7. The number of fused-ring (bicyclic) bond motifs is 1. The number of hydrogen-bond acceptors (Lipinski definition) is 6. The van der Waals surface area contributed by atoms with E-state index < -0.39 is 59.5 Å². The van der Waals surface area contributed by atoms with Crippen LogP contribution in [0.2, 0.25) is 0 Å². The Morgan fingerprint density at radius 3 is 2.15 bits per heavy atom. The van der Waals surface area contributed by atoms with Gasteiger partial charge >= 0.3 is 12.1 Å². The lowest BCUT2D eigenvalue weighted by molar-refractivity contribution is -0.152. The Kier molecular flexibility index (Phi) is 7.26. The summed E-state index contributed by atoms with van der Waals surface area (Å²) < 4.78 is 45.4. The van der Waals surface area contributed by atoms with Gasteiger partial charge in [-0.3, -0.25) is 24.5 Å². The summed E-state index contributed by atoms with van der Waals surface area (Å²) in [7, 11) is 0. The largest absolute Gasteiger partial charge is 0.480 e. The zero-order valence-electron chi connectivity index (χ0n) is 21.7. The van der Waals surface area contributed by atoms with Crippen molar-refractivity contribution < 1.29 is 42.2 Å². The maximum Gasteiger partial charge on any atom is 0.416 e. The van der Waals surface area contributed by atoms with Crippen molar-refractivity contribution in [1.82, 2.24) is 5.32 Å². The lowest BCUT2D eigenvalue weighted by Crippen LogP contribution is -2.59. The quantitative estimate of drug-likeness (QED) is 0.307. The molecule has 8 nitrogen and oxygen atoms in total. The molecule has 0 aromatic heterocycles. The minimum atomic E-state index is -4.59. The molecule has 2 heterocycles. The van der Waals surface area contributed by atoms with Crippen molar-refractivity contribution in [3.8, 4) is 0 Å². The molecule has 212 valence electrons. The first-order valence-corrected chi connectivity index (χ1v) is 12.7. The number of hydrogen-bond donors (Lipinski definition) is 2. The fraction of sp³-hybridized carbons (Fsp3) is 0.267. The van der Waals surface area contributed by atoms with Gasteiger partial charge in [0, 0.05) is 11.6 Å². The number of ketones is 1. The fourth-order valence-electron chi connectivity index (χ4n) is 5.56. The molecule has 41 heavy (non-hydrogen) atoms. The molecule has 0 aliphatic carbocycles. The molecule has 2 amide bonds. The van der Waals surface area contributed by atoms with Crippen LogP contribution < -0.4 is 10.2 Å². The van der Waals surface area contributed by atoms with Gasteiger partial charge in [0.05, 0.1) is 36.3 Å². The average Bonchev–Trinajstić information content (AvgIpc) is 3.43. The number of nitrogens with zero attached hydrogens (tertiary/aromatic N) is 1. The van der Waals surface area contributed by atoms with E-state index in [9.17, 15) is 37.5 Å². The lowest BCUT2D eigenvalue weighted by atomic mass is 9.79. The van der Waals surface area contributed by atoms with Gasteiger partial charge in [0.1, 0.15) is 0 Å². The summed E-state index contributed by atoms with van der Waals surface area (Å²) in [6, 6.07) is 17.6. The molecule has 11 heteroatoms. The lowest BCUT2D eigenvalue weighted by Gasteiger charge is -2.31. The number of carbonyl (C=O) groups is 4. The normalized spacial score (nSPS) is 24.0. The Labute approximate surface area is 232 Å². The molecular formula is C30H25F3N2O6. The van der Waals surface area contributed by atoms with Crippen molar-refractivity contribution in [2.24, 2.45) is 11.8 Å². The third-order valence-electron chi connectivity index (χ3n) is 7.61. The standard InChI is InChI=1S/C30H25F3N2O6/c1-17(36)19-9-13-22(14-10-19)35-26(37)23-24(27(35)38)29(28(39)40,16-41-15-18-5-3-2-4-6-18)34-25(23)20-7-11-21(12-8-20)30(31,32)33/h2-14,23-25,34H,15-16H2,1H3,(H,39,40). The molecule has 2 N–H and O–H groups in total. The van der Waals surface area contributed by atoms with E-state index in [4.69, 9.17) is 4.74 Å². The number of rotatable bonds is 8. The number of ether oxygens (including phenoxy) is 1. The molecular weight excluding hydrogens is 541 g/mol. The van der Waals surface area contributed by atoms with Crippen LogP contribution in [0.4, 0.5) is 18.9 Å². The van der Waals surface area contributed by atoms with Gasteiger partial charge in [0.25, 0.3) is 0 Å². The van der Waals surface area contributed by atoms with Crippen molar-refractivity contribution in [2.75, 3.05) is 11.5 Å². The van der Waals surface area contributed by atoms with E-state index in [1.807, 2.05) is 0 Å². The Balaban J connectivity index is 1.54. The first kappa shape index (κ1) is 28.2. The number of halogens is 3. The summed E-state index contributed by atoms with van der Waals surface area (Å²) in [5, 5.41) is 13.4. The Morgan fingerprint density at radius 1 is 0.951 bits per heavy atom. The number of carboxylic acid groups (broad SMARTS) is 1. The van der Waals surface area contributed by atoms with Gasteiger partial charge < -0.3 is 9.84 Å². The zero-order chi connectivity index (χ0) is 29.5. The van der Waals surface area contributed by atoms with Gasteiger partial charge in [-0.2, -0.15) is 13.2 Å². The van der Waals surface area contributed by atoms with E-state index in [1.54, 1.807) is 30.3 Å². The maximum atomic E-state index is 13.9. The van der Waals surface area contributed by atoms with Crippen molar-refractivity contribution in [3.63, 3.8) is 0 Å². The molecule has 2 aliphatic heterocycles. The number of nitrogens with one attached hydrogen (secondary N) is 1. The van der Waals surface area contributed by atoms with Crippen LogP contribution in [0.1, 0.15) is 40.0 Å². The van der Waals surface area contributed by atoms with Gasteiger partial charge in [0.2, 0.25) is 11.8 Å². The number of anilines is 1. The Hall–Kier alpha value is -4.35. The minimum absolute atomic E-state index is 0.0260. The predicted molar refractivity (Wildman–Crippen MR) is 140 cm³/mol. The molecule has 2 fully saturated rings. The van der Waals surface area contributed by atoms with Crippen LogP contribution in [0.5, 0.6) is 0 Å². The monoisotopic (exact) mass is 566 g/mol. The van der Waals surface area contributed by atoms with Gasteiger partial charge in [-0.1, -0.05) is 42.5 Å². The number of aliphatic carboxylic acids is 1. The minimum Gasteiger partial charge on any atom is -0.480 e. The van der Waals surface area contributed by atoms with E-state index in [1.165, 1.54) is 43.3 Å². The number of carbonyl (C=O) groups excluding carboxylic acids is 3. The molecule has 0 radical (unpaired) electrons. The molecule has 2 saturated heterocycles. The topological polar surface area (TPSA) is 113 Å². The van der Waals surface area contributed by atoms with E-state index in [-0.39, 0.29) is 23.6 Å². The Bertz CT molecular complexity index is 1490. The second kappa shape index (κ2) is 10.6. The SMILES string of the molecule is CC(=O)c1ccc(N2C(=O)C3C(c4ccc(C(F)(F)F)cc4)NC(COCc4ccccc4)(C(=O)O)C3C2=O)cc1. The van der Waals surface area contributed by atoms with Crippen LogP contribution in [-0.4, -0.2) is 40.8 Å². The van der Waals surface area contributed by atoms with Crippen LogP contribution in [0.25, 0.3) is 0 Å². The third-order valence-corrected chi connectivity index (χ3v) is 7.61. The van der Waals surface area contributed by atoms with Crippen LogP contribution in [0.3, 0.4) is 0 Å². The molecule has 3 aromatic rings. The number of Topliss-reactive ketones (excluding diaryl/α,β-unsaturated/α-hetero) is 1. The highest BCUT2D eigenvalue weighted by molar-refractivity contribution is 6.24. The van der Waals surface area contributed by atoms with Crippen LogP contribution in [-0.2, 0) is 31.9 Å². The Morgan fingerprint density at radius 2 is 1.59 bits per heavy atom. The molecule has 5 rings (SSSR count). The maximum absolute atomic E-state index is 13.9. The first-order valence-electron chi connectivity index (χ1n) is 12.7. The molecule has 4 atom stereocenters. The van der Waals surface area contributed by atoms with E-state index >= 15 is 0 Å². The molecule has 3 aromatic carbocycles. The first-order chi connectivity index (χ1) is 19.4.